The van der Waals surface area contributed by atoms with Crippen LogP contribution in [0.2, 0.25) is 0 Å². The highest BCUT2D eigenvalue weighted by molar-refractivity contribution is 6.62. The molecule has 0 saturated carbocycles. The van der Waals surface area contributed by atoms with E-state index < -0.39 is 30.1 Å². The van der Waals surface area contributed by atoms with Crippen LogP contribution in [0.4, 0.5) is 18.9 Å². The van der Waals surface area contributed by atoms with Gasteiger partial charge in [0.15, 0.2) is 0 Å². The Labute approximate surface area is 174 Å². The first kappa shape index (κ1) is 20.9. The number of fused-ring (bicyclic) bond motifs is 1. The summed E-state index contributed by atoms with van der Waals surface area (Å²) in [4.78, 5) is 14.2. The van der Waals surface area contributed by atoms with E-state index in [2.05, 4.69) is 0 Å². The molecule has 0 aliphatic carbocycles. The highest BCUT2D eigenvalue weighted by Crippen LogP contribution is 2.37. The zero-order valence-corrected chi connectivity index (χ0v) is 17.3. The van der Waals surface area contributed by atoms with Gasteiger partial charge >= 0.3 is 13.3 Å². The molecule has 4 nitrogen and oxygen atoms in total. The van der Waals surface area contributed by atoms with Gasteiger partial charge in [0.1, 0.15) is 0 Å². The third kappa shape index (κ3) is 3.63. The summed E-state index contributed by atoms with van der Waals surface area (Å²) in [5.74, 6) is -0.0871. The molecule has 30 heavy (non-hydrogen) atoms. The molecule has 0 N–H and O–H groups in total. The first-order valence-electron chi connectivity index (χ1n) is 9.82. The molecule has 0 spiro atoms. The van der Waals surface area contributed by atoms with Gasteiger partial charge in [0.05, 0.1) is 29.7 Å². The summed E-state index contributed by atoms with van der Waals surface area (Å²) >= 11 is 0. The average Bonchev–Trinajstić information content (AvgIpc) is 3.06. The molecule has 2 aromatic rings. The summed E-state index contributed by atoms with van der Waals surface area (Å²) in [6.45, 7) is 8.15. The smallest absolute Gasteiger partial charge is 0.399 e. The Balaban J connectivity index is 1.54. The molecule has 158 valence electrons. The topological polar surface area (TPSA) is 38.8 Å². The second-order valence-electron chi connectivity index (χ2n) is 8.83. The van der Waals surface area contributed by atoms with Crippen LogP contribution in [-0.4, -0.2) is 24.2 Å². The molecule has 1 saturated heterocycles. The van der Waals surface area contributed by atoms with Gasteiger partial charge in [0.2, 0.25) is 5.91 Å². The van der Waals surface area contributed by atoms with Crippen molar-refractivity contribution in [1.82, 2.24) is 0 Å². The average molecular weight is 417 g/mol. The van der Waals surface area contributed by atoms with Crippen LogP contribution in [0, 0.1) is 0 Å². The fraction of sp³-hybridized carbons (Fsp3) is 0.409. The third-order valence-electron chi connectivity index (χ3n) is 6.18. The van der Waals surface area contributed by atoms with E-state index in [1.165, 1.54) is 12.1 Å². The van der Waals surface area contributed by atoms with Crippen molar-refractivity contribution in [3.05, 3.63) is 59.2 Å². The fourth-order valence-electron chi connectivity index (χ4n) is 3.68. The quantitative estimate of drug-likeness (QED) is 0.707. The highest BCUT2D eigenvalue weighted by atomic mass is 19.4. The maximum Gasteiger partial charge on any atom is 0.494 e. The van der Waals surface area contributed by atoms with Crippen LogP contribution >= 0.6 is 0 Å². The van der Waals surface area contributed by atoms with E-state index in [0.717, 1.165) is 28.8 Å². The van der Waals surface area contributed by atoms with Gasteiger partial charge in [-0.1, -0.05) is 24.3 Å². The summed E-state index contributed by atoms with van der Waals surface area (Å²) < 4.78 is 50.5. The SMILES string of the molecule is CC1(C)OB(c2ccc3c(c2)CC(=O)N3Cc2ccc(C(F)(F)F)cc2)OC1(C)C. The van der Waals surface area contributed by atoms with Crippen LogP contribution in [0.5, 0.6) is 0 Å². The molecule has 2 aromatic carbocycles. The molecular weight excluding hydrogens is 394 g/mol. The number of amides is 1. The number of hydrogen-bond acceptors (Lipinski definition) is 3. The van der Waals surface area contributed by atoms with Gasteiger partial charge in [-0.3, -0.25) is 4.79 Å². The Hall–Kier alpha value is -2.32. The maximum atomic E-state index is 12.8. The lowest BCUT2D eigenvalue weighted by Gasteiger charge is -2.32. The van der Waals surface area contributed by atoms with Crippen molar-refractivity contribution in [2.75, 3.05) is 4.90 Å². The number of carbonyl (C=O) groups excluding carboxylic acids is 1. The summed E-state index contributed by atoms with van der Waals surface area (Å²) in [7, 11) is -0.514. The zero-order valence-electron chi connectivity index (χ0n) is 17.3. The Morgan fingerprint density at radius 1 is 1.00 bits per heavy atom. The number of halogens is 3. The minimum atomic E-state index is -4.38. The van der Waals surface area contributed by atoms with Crippen LogP contribution in [0.3, 0.4) is 0 Å². The first-order valence-corrected chi connectivity index (χ1v) is 9.82. The summed E-state index contributed by atoms with van der Waals surface area (Å²) in [6.07, 6.45) is -4.14. The summed E-state index contributed by atoms with van der Waals surface area (Å²) in [5, 5.41) is 0. The normalized spacial score (nSPS) is 20.0. The number of anilines is 1. The highest BCUT2D eigenvalue weighted by Gasteiger charge is 2.51. The zero-order chi connectivity index (χ0) is 21.9. The van der Waals surface area contributed by atoms with Crippen molar-refractivity contribution in [1.29, 1.82) is 0 Å². The minimum Gasteiger partial charge on any atom is -0.399 e. The van der Waals surface area contributed by atoms with Crippen molar-refractivity contribution in [3.8, 4) is 0 Å². The first-order chi connectivity index (χ1) is 13.9. The monoisotopic (exact) mass is 417 g/mol. The number of carbonyl (C=O) groups is 1. The number of benzene rings is 2. The van der Waals surface area contributed by atoms with Gasteiger partial charge in [0.25, 0.3) is 0 Å². The number of nitrogens with zero attached hydrogens (tertiary/aromatic N) is 1. The van der Waals surface area contributed by atoms with Crippen molar-refractivity contribution in [2.24, 2.45) is 0 Å². The standard InChI is InChI=1S/C22H23BF3NO3/c1-20(2)21(3,4)30-23(29-20)17-9-10-18-15(11-17)12-19(28)27(18)13-14-5-7-16(8-6-14)22(24,25)26/h5-11H,12-13H2,1-4H3. The van der Waals surface area contributed by atoms with Crippen molar-refractivity contribution in [2.45, 2.75) is 58.0 Å². The molecular formula is C22H23BF3NO3. The Morgan fingerprint density at radius 2 is 1.60 bits per heavy atom. The van der Waals surface area contributed by atoms with Crippen LogP contribution < -0.4 is 10.4 Å². The largest absolute Gasteiger partial charge is 0.494 e. The predicted molar refractivity (Wildman–Crippen MR) is 108 cm³/mol. The molecule has 2 aliphatic heterocycles. The van der Waals surface area contributed by atoms with Gasteiger partial charge in [-0.2, -0.15) is 13.2 Å². The van der Waals surface area contributed by atoms with Crippen molar-refractivity contribution < 1.29 is 27.3 Å². The molecule has 0 atom stereocenters. The molecule has 1 fully saturated rings. The molecule has 0 unspecified atom stereocenters. The number of hydrogen-bond donors (Lipinski definition) is 0. The predicted octanol–water partition coefficient (Wildman–Crippen LogP) is 4.09. The molecule has 4 rings (SSSR count). The van der Waals surface area contributed by atoms with E-state index in [1.807, 2.05) is 45.9 Å². The third-order valence-corrected chi connectivity index (χ3v) is 6.18. The van der Waals surface area contributed by atoms with Crippen LogP contribution in [0.1, 0.15) is 44.4 Å². The van der Waals surface area contributed by atoms with E-state index in [-0.39, 0.29) is 18.9 Å². The van der Waals surface area contributed by atoms with Gasteiger partial charge in [-0.15, -0.1) is 0 Å². The van der Waals surface area contributed by atoms with E-state index in [9.17, 15) is 18.0 Å². The van der Waals surface area contributed by atoms with E-state index in [1.54, 1.807) is 4.90 Å². The molecule has 0 aromatic heterocycles. The van der Waals surface area contributed by atoms with Crippen LogP contribution in [0.25, 0.3) is 0 Å². The molecule has 1 amide bonds. The molecule has 2 aliphatic rings. The van der Waals surface area contributed by atoms with Crippen LogP contribution in [0.15, 0.2) is 42.5 Å². The minimum absolute atomic E-state index is 0.0871. The Kier molecular flexibility index (Phi) is 4.78. The lowest BCUT2D eigenvalue weighted by molar-refractivity contribution is -0.137. The summed E-state index contributed by atoms with van der Waals surface area (Å²) in [5.41, 5.74) is 1.49. The molecule has 0 bridgehead atoms. The Morgan fingerprint density at radius 3 is 2.17 bits per heavy atom. The second-order valence-corrected chi connectivity index (χ2v) is 8.83. The Bertz CT molecular complexity index is 970. The van der Waals surface area contributed by atoms with E-state index in [4.69, 9.17) is 9.31 Å². The van der Waals surface area contributed by atoms with Gasteiger partial charge in [0, 0.05) is 5.69 Å². The van der Waals surface area contributed by atoms with Gasteiger partial charge in [-0.25, -0.2) is 0 Å². The lowest BCUT2D eigenvalue weighted by atomic mass is 9.78. The van der Waals surface area contributed by atoms with Crippen molar-refractivity contribution in [3.63, 3.8) is 0 Å². The number of rotatable bonds is 3. The fourth-order valence-corrected chi connectivity index (χ4v) is 3.68. The van der Waals surface area contributed by atoms with Crippen LogP contribution in [-0.2, 0) is 33.2 Å². The second kappa shape index (κ2) is 6.85. The maximum absolute atomic E-state index is 12.8. The summed E-state index contributed by atoms with van der Waals surface area (Å²) in [6, 6.07) is 10.5. The van der Waals surface area contributed by atoms with Gasteiger partial charge < -0.3 is 14.2 Å². The molecule has 2 heterocycles. The number of alkyl halides is 3. The lowest BCUT2D eigenvalue weighted by Crippen LogP contribution is -2.41. The van der Waals surface area contributed by atoms with E-state index in [0.29, 0.717) is 5.56 Å². The molecule has 8 heteroatoms. The van der Waals surface area contributed by atoms with E-state index >= 15 is 0 Å². The van der Waals surface area contributed by atoms with Gasteiger partial charge in [-0.05, 0) is 62.5 Å². The van der Waals surface area contributed by atoms with Crippen molar-refractivity contribution >= 4 is 24.2 Å². The molecule has 0 radical (unpaired) electrons.